The van der Waals surface area contributed by atoms with Crippen molar-refractivity contribution >= 4 is 5.91 Å². The number of methoxy groups -OCH3 is 1. The van der Waals surface area contributed by atoms with Crippen LogP contribution in [0.25, 0.3) is 0 Å². The number of benzene rings is 1. The average molecular weight is 413 g/mol. The van der Waals surface area contributed by atoms with Crippen LogP contribution in [0.3, 0.4) is 0 Å². The molecule has 2 aromatic heterocycles. The molecule has 0 aliphatic carbocycles. The maximum Gasteiger partial charge on any atom is 0.251 e. The summed E-state index contributed by atoms with van der Waals surface area (Å²) in [5.74, 6) is 2.53. The van der Waals surface area contributed by atoms with Gasteiger partial charge in [0.1, 0.15) is 29.8 Å². The van der Waals surface area contributed by atoms with Crippen LogP contribution in [0, 0.1) is 5.82 Å². The number of amides is 1. The topological polar surface area (TPSA) is 85.4 Å². The first kappa shape index (κ1) is 20.2. The number of carbonyl (C=O) groups is 1. The van der Waals surface area contributed by atoms with Gasteiger partial charge in [0, 0.05) is 38.7 Å². The van der Waals surface area contributed by atoms with Crippen molar-refractivity contribution in [2.75, 3.05) is 20.2 Å². The van der Waals surface area contributed by atoms with Gasteiger partial charge in [-0.3, -0.25) is 9.69 Å². The highest BCUT2D eigenvalue weighted by atomic mass is 19.1. The Hall–Kier alpha value is -3.04. The van der Waals surface area contributed by atoms with Gasteiger partial charge in [-0.25, -0.2) is 4.39 Å². The third-order valence-corrected chi connectivity index (χ3v) is 5.07. The van der Waals surface area contributed by atoms with E-state index < -0.39 is 5.82 Å². The lowest BCUT2D eigenvalue weighted by molar-refractivity contribution is 0.0949. The van der Waals surface area contributed by atoms with Crippen molar-refractivity contribution in [3.05, 3.63) is 70.9 Å². The SMILES string of the molecule is COCc1ccc(CN2CCc3nnc(CNC(=O)c4cccc(F)c4)n3CC2)o1. The zero-order chi connectivity index (χ0) is 20.9. The lowest BCUT2D eigenvalue weighted by Crippen LogP contribution is -2.28. The molecule has 158 valence electrons. The number of rotatable bonds is 7. The molecule has 1 aromatic carbocycles. The Bertz CT molecular complexity index is 1020. The Morgan fingerprint density at radius 2 is 2.07 bits per heavy atom. The fourth-order valence-corrected chi connectivity index (χ4v) is 3.55. The largest absolute Gasteiger partial charge is 0.462 e. The Balaban J connectivity index is 1.35. The molecule has 0 fully saturated rings. The third kappa shape index (κ3) is 4.74. The van der Waals surface area contributed by atoms with Gasteiger partial charge >= 0.3 is 0 Å². The van der Waals surface area contributed by atoms with Gasteiger partial charge in [-0.05, 0) is 30.3 Å². The summed E-state index contributed by atoms with van der Waals surface area (Å²) in [5.41, 5.74) is 0.281. The number of aromatic nitrogens is 3. The molecule has 0 saturated carbocycles. The Labute approximate surface area is 173 Å². The molecule has 0 atom stereocenters. The van der Waals surface area contributed by atoms with E-state index in [9.17, 15) is 9.18 Å². The van der Waals surface area contributed by atoms with E-state index in [0.29, 0.717) is 19.0 Å². The smallest absolute Gasteiger partial charge is 0.251 e. The van der Waals surface area contributed by atoms with Crippen LogP contribution in [0.5, 0.6) is 0 Å². The van der Waals surface area contributed by atoms with Crippen molar-refractivity contribution in [2.45, 2.75) is 32.7 Å². The number of nitrogens with one attached hydrogen (secondary N) is 1. The van der Waals surface area contributed by atoms with Crippen LogP contribution in [0.2, 0.25) is 0 Å². The monoisotopic (exact) mass is 413 g/mol. The Morgan fingerprint density at radius 1 is 1.20 bits per heavy atom. The highest BCUT2D eigenvalue weighted by molar-refractivity contribution is 5.94. The zero-order valence-corrected chi connectivity index (χ0v) is 16.8. The summed E-state index contributed by atoms with van der Waals surface area (Å²) in [6, 6.07) is 9.52. The molecular weight excluding hydrogens is 389 g/mol. The molecule has 0 saturated heterocycles. The first-order chi connectivity index (χ1) is 14.6. The second-order valence-corrected chi connectivity index (χ2v) is 7.20. The number of halogens is 1. The van der Waals surface area contributed by atoms with Crippen LogP contribution in [-0.4, -0.2) is 45.8 Å². The Morgan fingerprint density at radius 3 is 2.90 bits per heavy atom. The van der Waals surface area contributed by atoms with E-state index in [1.807, 2.05) is 16.7 Å². The average Bonchev–Trinajstić information content (AvgIpc) is 3.29. The van der Waals surface area contributed by atoms with Gasteiger partial charge in [-0.1, -0.05) is 6.07 Å². The molecule has 1 N–H and O–H groups in total. The molecule has 1 amide bonds. The minimum Gasteiger partial charge on any atom is -0.462 e. The first-order valence-electron chi connectivity index (χ1n) is 9.86. The van der Waals surface area contributed by atoms with E-state index in [1.54, 1.807) is 13.2 Å². The van der Waals surface area contributed by atoms with Gasteiger partial charge in [-0.2, -0.15) is 0 Å². The van der Waals surface area contributed by atoms with Crippen LogP contribution in [-0.2, 0) is 37.4 Å². The number of carbonyl (C=O) groups excluding carboxylic acids is 1. The van der Waals surface area contributed by atoms with Crippen molar-refractivity contribution in [1.82, 2.24) is 25.0 Å². The minimum absolute atomic E-state index is 0.237. The summed E-state index contributed by atoms with van der Waals surface area (Å²) in [7, 11) is 1.64. The molecule has 3 aromatic rings. The Kier molecular flexibility index (Phi) is 6.20. The minimum atomic E-state index is -0.440. The standard InChI is InChI=1S/C21H24FN5O3/c1-29-14-18-6-5-17(30-18)13-26-8-7-19-24-25-20(27(19)10-9-26)12-23-21(28)15-3-2-4-16(22)11-15/h2-6,11H,7-10,12-14H2,1H3,(H,23,28). The van der Waals surface area contributed by atoms with E-state index in [4.69, 9.17) is 9.15 Å². The first-order valence-corrected chi connectivity index (χ1v) is 9.86. The van der Waals surface area contributed by atoms with Crippen LogP contribution in [0.1, 0.15) is 33.5 Å². The normalized spacial score (nSPS) is 14.3. The van der Waals surface area contributed by atoms with Crippen molar-refractivity contribution < 1.29 is 18.3 Å². The van der Waals surface area contributed by atoms with Crippen molar-refractivity contribution in [1.29, 1.82) is 0 Å². The highest BCUT2D eigenvalue weighted by Gasteiger charge is 2.20. The summed E-state index contributed by atoms with van der Waals surface area (Å²) in [6.07, 6.45) is 0.760. The molecule has 1 aliphatic heterocycles. The van der Waals surface area contributed by atoms with E-state index in [0.717, 1.165) is 43.4 Å². The maximum atomic E-state index is 13.3. The predicted octanol–water partition coefficient (Wildman–Crippen LogP) is 2.14. The van der Waals surface area contributed by atoms with E-state index in [-0.39, 0.29) is 18.0 Å². The number of hydrogen-bond donors (Lipinski definition) is 1. The number of furan rings is 1. The van der Waals surface area contributed by atoms with Gasteiger partial charge in [0.15, 0.2) is 5.82 Å². The molecule has 4 rings (SSSR count). The number of nitrogens with zero attached hydrogens (tertiary/aromatic N) is 4. The van der Waals surface area contributed by atoms with Crippen LogP contribution < -0.4 is 5.32 Å². The molecule has 0 unspecified atom stereocenters. The van der Waals surface area contributed by atoms with Gasteiger partial charge in [0.2, 0.25) is 0 Å². The molecule has 1 aliphatic rings. The molecule has 8 nitrogen and oxygen atoms in total. The van der Waals surface area contributed by atoms with Crippen LogP contribution in [0.15, 0.2) is 40.8 Å². The van der Waals surface area contributed by atoms with E-state index in [1.165, 1.54) is 18.2 Å². The third-order valence-electron chi connectivity index (χ3n) is 5.07. The lowest BCUT2D eigenvalue weighted by Gasteiger charge is -2.18. The highest BCUT2D eigenvalue weighted by Crippen LogP contribution is 2.15. The van der Waals surface area contributed by atoms with Crippen molar-refractivity contribution in [3.8, 4) is 0 Å². The zero-order valence-electron chi connectivity index (χ0n) is 16.8. The molecule has 0 radical (unpaired) electrons. The second kappa shape index (κ2) is 9.19. The molecule has 30 heavy (non-hydrogen) atoms. The number of fused-ring (bicyclic) bond motifs is 1. The van der Waals surface area contributed by atoms with E-state index >= 15 is 0 Å². The summed E-state index contributed by atoms with van der Waals surface area (Å²) >= 11 is 0. The van der Waals surface area contributed by atoms with Gasteiger partial charge < -0.3 is 19.0 Å². The number of ether oxygens (including phenoxy) is 1. The molecule has 3 heterocycles. The second-order valence-electron chi connectivity index (χ2n) is 7.20. The van der Waals surface area contributed by atoms with E-state index in [2.05, 4.69) is 20.4 Å². The summed E-state index contributed by atoms with van der Waals surface area (Å²) in [4.78, 5) is 14.6. The fourth-order valence-electron chi connectivity index (χ4n) is 3.55. The molecule has 9 heteroatoms. The van der Waals surface area contributed by atoms with Crippen LogP contribution in [0.4, 0.5) is 4.39 Å². The number of hydrogen-bond acceptors (Lipinski definition) is 6. The summed E-state index contributed by atoms with van der Waals surface area (Å²) in [6.45, 7) is 3.80. The lowest BCUT2D eigenvalue weighted by atomic mass is 10.2. The predicted molar refractivity (Wildman–Crippen MR) is 106 cm³/mol. The molecule has 0 bridgehead atoms. The summed E-state index contributed by atoms with van der Waals surface area (Å²) in [5, 5.41) is 11.3. The fraction of sp³-hybridized carbons (Fsp3) is 0.381. The molecule has 0 spiro atoms. The maximum absolute atomic E-state index is 13.3. The quantitative estimate of drug-likeness (QED) is 0.639. The van der Waals surface area contributed by atoms with Crippen molar-refractivity contribution in [3.63, 3.8) is 0 Å². The molecular formula is C21H24FN5O3. The van der Waals surface area contributed by atoms with Gasteiger partial charge in [-0.15, -0.1) is 10.2 Å². The summed E-state index contributed by atoms with van der Waals surface area (Å²) < 4.78 is 26.3. The van der Waals surface area contributed by atoms with Gasteiger partial charge in [0.25, 0.3) is 5.91 Å². The van der Waals surface area contributed by atoms with Crippen molar-refractivity contribution in [2.24, 2.45) is 0 Å². The van der Waals surface area contributed by atoms with Gasteiger partial charge in [0.05, 0.1) is 13.1 Å². The van der Waals surface area contributed by atoms with Crippen LogP contribution >= 0.6 is 0 Å².